The summed E-state index contributed by atoms with van der Waals surface area (Å²) in [4.78, 5) is 2.44. The highest BCUT2D eigenvalue weighted by atomic mass is 16.5. The van der Waals surface area contributed by atoms with Gasteiger partial charge in [0.25, 0.3) is 0 Å². The van der Waals surface area contributed by atoms with Crippen LogP contribution in [0.25, 0.3) is 0 Å². The molecule has 0 amide bonds. The predicted molar refractivity (Wildman–Crippen MR) is 97.7 cm³/mol. The fourth-order valence-corrected chi connectivity index (χ4v) is 2.82. The summed E-state index contributed by atoms with van der Waals surface area (Å²) < 4.78 is 5.44. The van der Waals surface area contributed by atoms with Gasteiger partial charge in [-0.1, -0.05) is 33.8 Å². The highest BCUT2D eigenvalue weighted by Crippen LogP contribution is 2.27. The van der Waals surface area contributed by atoms with Crippen LogP contribution in [-0.2, 0) is 0 Å². The molecule has 1 unspecified atom stereocenters. The number of ether oxygens (including phenoxy) is 1. The Morgan fingerprint density at radius 2 is 1.74 bits per heavy atom. The van der Waals surface area contributed by atoms with Crippen LogP contribution in [0, 0.1) is 11.8 Å². The molecule has 0 saturated heterocycles. The molecule has 0 heterocycles. The van der Waals surface area contributed by atoms with Gasteiger partial charge in [-0.05, 0) is 42.9 Å². The highest BCUT2D eigenvalue weighted by Gasteiger charge is 2.14. The lowest BCUT2D eigenvalue weighted by Gasteiger charge is -2.27. The molecule has 1 aromatic carbocycles. The van der Waals surface area contributed by atoms with Gasteiger partial charge < -0.3 is 20.5 Å². The van der Waals surface area contributed by atoms with E-state index in [-0.39, 0.29) is 0 Å². The molecule has 4 heteroatoms. The number of benzene rings is 1. The van der Waals surface area contributed by atoms with Gasteiger partial charge in [0.1, 0.15) is 5.75 Å². The summed E-state index contributed by atoms with van der Waals surface area (Å²) in [6, 6.07) is 5.57. The maximum absolute atomic E-state index is 10.5. The molecule has 1 atom stereocenters. The molecular formula is C19H34N2O2. The van der Waals surface area contributed by atoms with E-state index in [0.717, 1.165) is 25.2 Å². The molecule has 0 aliphatic carbocycles. The zero-order valence-electron chi connectivity index (χ0n) is 15.4. The standard InChI is InChI=1S/C19H34N2O2/c1-6-23-19-8-7-16(11-17(19)20)18(22)9-10-21(12-14(2)3)13-15(4)5/h7-8,11,14-15,18,22H,6,9-10,12-13,20H2,1-5H3. The molecule has 3 N–H and O–H groups in total. The second-order valence-corrected chi connectivity index (χ2v) is 7.08. The molecular weight excluding hydrogens is 288 g/mol. The van der Waals surface area contributed by atoms with Crippen LogP contribution in [0.5, 0.6) is 5.75 Å². The summed E-state index contributed by atoms with van der Waals surface area (Å²) >= 11 is 0. The van der Waals surface area contributed by atoms with Gasteiger partial charge >= 0.3 is 0 Å². The predicted octanol–water partition coefficient (Wildman–Crippen LogP) is 3.71. The van der Waals surface area contributed by atoms with E-state index in [4.69, 9.17) is 10.5 Å². The number of aliphatic hydroxyl groups excluding tert-OH is 1. The molecule has 1 aromatic rings. The van der Waals surface area contributed by atoms with Gasteiger partial charge in [-0.3, -0.25) is 0 Å². The SMILES string of the molecule is CCOc1ccc(C(O)CCN(CC(C)C)CC(C)C)cc1N. The molecule has 0 aromatic heterocycles. The second-order valence-electron chi connectivity index (χ2n) is 7.08. The largest absolute Gasteiger partial charge is 0.492 e. The van der Waals surface area contributed by atoms with Crippen molar-refractivity contribution in [2.24, 2.45) is 11.8 Å². The minimum absolute atomic E-state index is 0.491. The number of nitrogens with zero attached hydrogens (tertiary/aromatic N) is 1. The van der Waals surface area contributed by atoms with Crippen LogP contribution >= 0.6 is 0 Å². The number of hydrogen-bond acceptors (Lipinski definition) is 4. The van der Waals surface area contributed by atoms with Crippen LogP contribution < -0.4 is 10.5 Å². The molecule has 4 nitrogen and oxygen atoms in total. The van der Waals surface area contributed by atoms with Crippen LogP contribution in [-0.4, -0.2) is 36.2 Å². The van der Waals surface area contributed by atoms with Crippen molar-refractivity contribution in [3.63, 3.8) is 0 Å². The van der Waals surface area contributed by atoms with Crippen LogP contribution in [0.2, 0.25) is 0 Å². The minimum atomic E-state index is -0.491. The highest BCUT2D eigenvalue weighted by molar-refractivity contribution is 5.54. The number of aliphatic hydroxyl groups is 1. The summed E-state index contributed by atoms with van der Waals surface area (Å²) in [5.41, 5.74) is 7.44. The van der Waals surface area contributed by atoms with Gasteiger partial charge in [0.05, 0.1) is 18.4 Å². The number of nitrogens with two attached hydrogens (primary N) is 1. The van der Waals surface area contributed by atoms with Crippen molar-refractivity contribution in [2.45, 2.75) is 47.1 Å². The van der Waals surface area contributed by atoms with Crippen LogP contribution in [0.1, 0.15) is 52.7 Å². The topological polar surface area (TPSA) is 58.7 Å². The quantitative estimate of drug-likeness (QED) is 0.645. The molecule has 0 bridgehead atoms. The van der Waals surface area contributed by atoms with E-state index < -0.39 is 6.10 Å². The minimum Gasteiger partial charge on any atom is -0.492 e. The lowest BCUT2D eigenvalue weighted by molar-refractivity contribution is 0.131. The zero-order chi connectivity index (χ0) is 17.4. The van der Waals surface area contributed by atoms with Crippen molar-refractivity contribution >= 4 is 5.69 Å². The summed E-state index contributed by atoms with van der Waals surface area (Å²) in [5, 5.41) is 10.5. The fraction of sp³-hybridized carbons (Fsp3) is 0.684. The van der Waals surface area contributed by atoms with E-state index in [2.05, 4.69) is 32.6 Å². The first kappa shape index (κ1) is 19.8. The maximum atomic E-state index is 10.5. The number of nitrogen functional groups attached to an aromatic ring is 1. The molecule has 23 heavy (non-hydrogen) atoms. The van der Waals surface area contributed by atoms with Crippen molar-refractivity contribution in [3.8, 4) is 5.75 Å². The summed E-state index contributed by atoms with van der Waals surface area (Å²) in [6.45, 7) is 14.5. The number of rotatable bonds is 10. The Morgan fingerprint density at radius 3 is 2.22 bits per heavy atom. The molecule has 0 radical (unpaired) electrons. The Labute approximate surface area is 141 Å². The Hall–Kier alpha value is -1.26. The average molecular weight is 322 g/mol. The Bertz CT molecular complexity index is 451. The summed E-state index contributed by atoms with van der Waals surface area (Å²) in [7, 11) is 0. The van der Waals surface area contributed by atoms with E-state index in [9.17, 15) is 5.11 Å². The fourth-order valence-electron chi connectivity index (χ4n) is 2.82. The lowest BCUT2D eigenvalue weighted by Crippen LogP contribution is -2.33. The zero-order valence-corrected chi connectivity index (χ0v) is 15.4. The van der Waals surface area contributed by atoms with Gasteiger partial charge in [-0.15, -0.1) is 0 Å². The van der Waals surface area contributed by atoms with Gasteiger partial charge in [0.15, 0.2) is 0 Å². The van der Waals surface area contributed by atoms with Crippen molar-refractivity contribution < 1.29 is 9.84 Å². The number of anilines is 1. The first-order chi connectivity index (χ1) is 10.8. The summed E-state index contributed by atoms with van der Waals surface area (Å²) in [5.74, 6) is 1.95. The van der Waals surface area contributed by atoms with Gasteiger partial charge in [-0.25, -0.2) is 0 Å². The molecule has 1 rings (SSSR count). The smallest absolute Gasteiger partial charge is 0.142 e. The van der Waals surface area contributed by atoms with Crippen molar-refractivity contribution in [2.75, 3.05) is 32.0 Å². The van der Waals surface area contributed by atoms with Gasteiger partial charge in [0, 0.05) is 19.6 Å². The van der Waals surface area contributed by atoms with Crippen molar-refractivity contribution in [1.82, 2.24) is 4.90 Å². The Kier molecular flexibility index (Phi) is 8.42. The third-order valence-electron chi connectivity index (χ3n) is 3.68. The van der Waals surface area contributed by atoms with Crippen LogP contribution in [0.3, 0.4) is 0 Å². The van der Waals surface area contributed by atoms with E-state index in [1.54, 1.807) is 0 Å². The van der Waals surface area contributed by atoms with Crippen LogP contribution in [0.4, 0.5) is 5.69 Å². The van der Waals surface area contributed by atoms with E-state index in [1.807, 2.05) is 25.1 Å². The molecule has 132 valence electrons. The van der Waals surface area contributed by atoms with Crippen LogP contribution in [0.15, 0.2) is 18.2 Å². The second kappa shape index (κ2) is 9.78. The Balaban J connectivity index is 2.63. The normalized spacial score (nSPS) is 13.1. The summed E-state index contributed by atoms with van der Waals surface area (Å²) in [6.07, 6.45) is 0.224. The molecule has 0 fully saturated rings. The first-order valence-corrected chi connectivity index (χ1v) is 8.76. The average Bonchev–Trinajstić information content (AvgIpc) is 2.45. The van der Waals surface area contributed by atoms with E-state index in [0.29, 0.717) is 36.3 Å². The van der Waals surface area contributed by atoms with Gasteiger partial charge in [0.2, 0.25) is 0 Å². The molecule has 0 spiro atoms. The molecule has 0 aliphatic rings. The third-order valence-corrected chi connectivity index (χ3v) is 3.68. The third kappa shape index (κ3) is 7.23. The lowest BCUT2D eigenvalue weighted by atomic mass is 10.0. The van der Waals surface area contributed by atoms with E-state index >= 15 is 0 Å². The Morgan fingerprint density at radius 1 is 1.13 bits per heavy atom. The molecule has 0 saturated carbocycles. The van der Waals surface area contributed by atoms with E-state index in [1.165, 1.54) is 0 Å². The molecule has 0 aliphatic heterocycles. The van der Waals surface area contributed by atoms with Crippen molar-refractivity contribution in [1.29, 1.82) is 0 Å². The monoisotopic (exact) mass is 322 g/mol. The first-order valence-electron chi connectivity index (χ1n) is 8.76. The maximum Gasteiger partial charge on any atom is 0.142 e. The number of hydrogen-bond donors (Lipinski definition) is 2. The van der Waals surface area contributed by atoms with Gasteiger partial charge in [-0.2, -0.15) is 0 Å². The van der Waals surface area contributed by atoms with Crippen molar-refractivity contribution in [3.05, 3.63) is 23.8 Å².